The number of fused-ring (bicyclic) bond motifs is 1. The van der Waals surface area contributed by atoms with Crippen molar-refractivity contribution < 1.29 is 9.50 Å². The van der Waals surface area contributed by atoms with E-state index in [0.717, 1.165) is 12.8 Å². The number of aromatic nitrogens is 6. The van der Waals surface area contributed by atoms with Crippen molar-refractivity contribution in [2.24, 2.45) is 4.99 Å². The number of halogens is 1. The molecule has 3 heterocycles. The van der Waals surface area contributed by atoms with Crippen LogP contribution in [0.2, 0.25) is 0 Å². The smallest absolute Gasteiger partial charge is 0.326 e. The van der Waals surface area contributed by atoms with Crippen molar-refractivity contribution in [2.45, 2.75) is 25.4 Å². The van der Waals surface area contributed by atoms with Crippen molar-refractivity contribution in [1.82, 2.24) is 29.5 Å². The lowest BCUT2D eigenvalue weighted by atomic mass is 10.2. The second kappa shape index (κ2) is 7.35. The van der Waals surface area contributed by atoms with Gasteiger partial charge < -0.3 is 15.0 Å². The number of benzene rings is 1. The van der Waals surface area contributed by atoms with E-state index in [1.165, 1.54) is 10.6 Å². The molecule has 3 aromatic heterocycles. The highest BCUT2D eigenvalue weighted by Gasteiger charge is 2.21. The molecular weight excluding hydrogens is 403 g/mol. The quantitative estimate of drug-likeness (QED) is 0.423. The van der Waals surface area contributed by atoms with Gasteiger partial charge in [-0.05, 0) is 25.0 Å². The Morgan fingerprint density at radius 2 is 2.13 bits per heavy atom. The zero-order chi connectivity index (χ0) is 21.5. The lowest BCUT2D eigenvalue weighted by molar-refractivity contribution is 0.454. The Labute approximate surface area is 174 Å². The molecule has 1 fully saturated rings. The first-order chi connectivity index (χ1) is 15.0. The van der Waals surface area contributed by atoms with E-state index >= 15 is 0 Å². The molecule has 0 saturated heterocycles. The molecular formula is C20H19FN8O2. The van der Waals surface area contributed by atoms with Crippen molar-refractivity contribution >= 4 is 17.7 Å². The first-order valence-electron chi connectivity index (χ1n) is 9.75. The molecule has 0 spiro atoms. The number of nitrogens with one attached hydrogen (secondary N) is 2. The van der Waals surface area contributed by atoms with Gasteiger partial charge in [0.05, 0.1) is 12.2 Å². The number of rotatable bonds is 5. The van der Waals surface area contributed by atoms with Crippen LogP contribution in [0.3, 0.4) is 0 Å². The summed E-state index contributed by atoms with van der Waals surface area (Å²) in [5, 5.41) is 14.8. The van der Waals surface area contributed by atoms with Crippen molar-refractivity contribution in [3.05, 3.63) is 68.9 Å². The van der Waals surface area contributed by atoms with Crippen LogP contribution in [0.1, 0.15) is 24.1 Å². The summed E-state index contributed by atoms with van der Waals surface area (Å²) in [7, 11) is 1.77. The first kappa shape index (κ1) is 19.0. The molecule has 10 nitrogen and oxygen atoms in total. The van der Waals surface area contributed by atoms with E-state index in [-0.39, 0.29) is 30.0 Å². The second-order valence-electron chi connectivity index (χ2n) is 7.45. The molecule has 1 aliphatic carbocycles. The van der Waals surface area contributed by atoms with Gasteiger partial charge >= 0.3 is 5.69 Å². The van der Waals surface area contributed by atoms with Crippen LogP contribution in [0.5, 0.6) is 5.88 Å². The Bertz CT molecular complexity index is 1450. The van der Waals surface area contributed by atoms with Crippen molar-refractivity contribution in [3.63, 3.8) is 0 Å². The highest BCUT2D eigenvalue weighted by atomic mass is 19.1. The number of H-pyrrole nitrogens is 2. The van der Waals surface area contributed by atoms with Crippen LogP contribution >= 0.6 is 0 Å². The highest BCUT2D eigenvalue weighted by Crippen LogP contribution is 2.22. The number of imidazole rings is 1. The lowest BCUT2D eigenvalue weighted by Crippen LogP contribution is -2.29. The van der Waals surface area contributed by atoms with E-state index < -0.39 is 5.69 Å². The summed E-state index contributed by atoms with van der Waals surface area (Å²) in [6.45, 7) is 0.269. The lowest BCUT2D eigenvalue weighted by Gasteiger charge is -2.17. The molecule has 4 aromatic rings. The number of aromatic amines is 2. The first-order valence-corrected chi connectivity index (χ1v) is 9.75. The minimum Gasteiger partial charge on any atom is -0.493 e. The van der Waals surface area contributed by atoms with E-state index in [2.05, 4.69) is 30.0 Å². The Morgan fingerprint density at radius 1 is 1.32 bits per heavy atom. The van der Waals surface area contributed by atoms with Gasteiger partial charge in [-0.25, -0.2) is 14.2 Å². The number of anilines is 1. The van der Waals surface area contributed by atoms with Gasteiger partial charge in [0.15, 0.2) is 5.65 Å². The van der Waals surface area contributed by atoms with E-state index in [1.54, 1.807) is 42.4 Å². The van der Waals surface area contributed by atoms with E-state index in [4.69, 9.17) is 0 Å². The largest absolute Gasteiger partial charge is 0.493 e. The summed E-state index contributed by atoms with van der Waals surface area (Å²) in [5.41, 5.74) is 1.05. The predicted octanol–water partition coefficient (Wildman–Crippen LogP) is 0.233. The number of aromatic hydroxyl groups is 1. The van der Waals surface area contributed by atoms with Crippen molar-refractivity contribution in [3.8, 4) is 5.88 Å². The molecule has 0 atom stereocenters. The maximum Gasteiger partial charge on any atom is 0.326 e. The van der Waals surface area contributed by atoms with Gasteiger partial charge in [0.1, 0.15) is 11.5 Å². The molecule has 158 valence electrons. The molecule has 1 saturated carbocycles. The summed E-state index contributed by atoms with van der Waals surface area (Å²) in [4.78, 5) is 31.7. The van der Waals surface area contributed by atoms with Crippen LogP contribution < -0.4 is 21.4 Å². The third-order valence-corrected chi connectivity index (χ3v) is 4.95. The van der Waals surface area contributed by atoms with E-state index in [9.17, 15) is 14.3 Å². The van der Waals surface area contributed by atoms with Gasteiger partial charge in [-0.1, -0.05) is 18.2 Å². The van der Waals surface area contributed by atoms with Gasteiger partial charge in [0, 0.05) is 24.4 Å². The summed E-state index contributed by atoms with van der Waals surface area (Å²) < 4.78 is 15.6. The summed E-state index contributed by atoms with van der Waals surface area (Å²) in [6.07, 6.45) is 5.10. The Kier molecular flexibility index (Phi) is 4.50. The zero-order valence-corrected chi connectivity index (χ0v) is 16.6. The van der Waals surface area contributed by atoms with E-state index in [1.807, 2.05) is 0 Å². The van der Waals surface area contributed by atoms with Gasteiger partial charge in [-0.2, -0.15) is 19.6 Å². The van der Waals surface area contributed by atoms with Gasteiger partial charge in [-0.15, -0.1) is 0 Å². The second-order valence-corrected chi connectivity index (χ2v) is 7.45. The third kappa shape index (κ3) is 3.77. The Balaban J connectivity index is 1.64. The molecule has 0 amide bonds. The third-order valence-electron chi connectivity index (χ3n) is 4.95. The molecule has 3 N–H and O–H groups in total. The Morgan fingerprint density at radius 3 is 2.84 bits per heavy atom. The van der Waals surface area contributed by atoms with E-state index in [0.29, 0.717) is 28.0 Å². The highest BCUT2D eigenvalue weighted by molar-refractivity contribution is 5.57. The Hall–Kier alpha value is -4.02. The molecule has 1 aliphatic rings. The minimum absolute atomic E-state index is 0.199. The fourth-order valence-electron chi connectivity index (χ4n) is 3.19. The number of hydrogen-bond donors (Lipinski definition) is 3. The molecule has 0 unspecified atom stereocenters. The van der Waals surface area contributed by atoms with Crippen LogP contribution in [0.25, 0.3) is 11.7 Å². The average molecular weight is 422 g/mol. The minimum atomic E-state index is -0.524. The molecule has 11 heteroatoms. The van der Waals surface area contributed by atoms with Crippen LogP contribution in [0, 0.1) is 5.82 Å². The molecule has 0 bridgehead atoms. The van der Waals surface area contributed by atoms with Crippen LogP contribution in [0.4, 0.5) is 10.3 Å². The molecule has 0 radical (unpaired) electrons. The molecule has 5 rings (SSSR count). The van der Waals surface area contributed by atoms with Crippen molar-refractivity contribution in [2.75, 3.05) is 11.9 Å². The normalized spacial score (nSPS) is 15.2. The number of hydrogen-bond acceptors (Lipinski definition) is 7. The summed E-state index contributed by atoms with van der Waals surface area (Å²) in [6, 6.07) is 6.74. The molecule has 0 aliphatic heterocycles. The molecule has 31 heavy (non-hydrogen) atoms. The van der Waals surface area contributed by atoms with Gasteiger partial charge in [0.25, 0.3) is 5.62 Å². The zero-order valence-electron chi connectivity index (χ0n) is 16.6. The topological polar surface area (TPSA) is 128 Å². The monoisotopic (exact) mass is 422 g/mol. The van der Waals surface area contributed by atoms with Crippen LogP contribution in [-0.2, 0) is 6.54 Å². The van der Waals surface area contributed by atoms with Crippen LogP contribution in [0.15, 0.2) is 40.2 Å². The van der Waals surface area contributed by atoms with Crippen molar-refractivity contribution in [1.29, 1.82) is 0 Å². The average Bonchev–Trinajstić information content (AvgIpc) is 3.38. The van der Waals surface area contributed by atoms with Gasteiger partial charge in [-0.3, -0.25) is 4.98 Å². The number of nitrogens with zero attached hydrogens (tertiary/aromatic N) is 6. The van der Waals surface area contributed by atoms with Gasteiger partial charge in [0.2, 0.25) is 11.8 Å². The standard InChI is InChI=1S/C20H19FN8O2/c1-28(10-11-4-2-3-5-14(11)21)18-25-16-12(8-15-17(30)26-20(31)24-15)9-22-29(16)19(27-18)23-13-6-7-13/h2-5,8-9,13,30H,6-7,10H2,1H3,(H2,24,26,31). The maximum absolute atomic E-state index is 14.1. The molecule has 1 aromatic carbocycles. The summed E-state index contributed by atoms with van der Waals surface area (Å²) >= 11 is 0. The maximum atomic E-state index is 14.1. The predicted molar refractivity (Wildman–Crippen MR) is 110 cm³/mol. The fourth-order valence-corrected chi connectivity index (χ4v) is 3.19. The van der Waals surface area contributed by atoms with Crippen LogP contribution in [-0.4, -0.2) is 47.7 Å². The summed E-state index contributed by atoms with van der Waals surface area (Å²) in [5.74, 6) is -0.223. The SMILES string of the molecule is CN(Cc1ccccc1F)c1nc(=NC2CC2)n2ncc(=Cc3[nH]c(=O)[nH]c3O)c2n1. The fraction of sp³-hybridized carbons (Fsp3) is 0.250.